The molecule has 0 saturated heterocycles. The van der Waals surface area contributed by atoms with E-state index in [1.54, 1.807) is 12.1 Å². The molecule has 29 heavy (non-hydrogen) atoms. The molecule has 148 valence electrons. The third kappa shape index (κ3) is 3.18. The van der Waals surface area contributed by atoms with Crippen molar-refractivity contribution in [3.8, 4) is 21.3 Å². The molecule has 5 rings (SSSR count). The lowest BCUT2D eigenvalue weighted by atomic mass is 9.93. The number of hydrogen-bond donors (Lipinski definition) is 3. The molecule has 3 heterocycles. The molecule has 3 aromatic rings. The highest BCUT2D eigenvalue weighted by atomic mass is 32.1. The molecular weight excluding hydrogens is 412 g/mol. The zero-order valence-corrected chi connectivity index (χ0v) is 16.7. The van der Waals surface area contributed by atoms with Gasteiger partial charge in [0.25, 0.3) is 11.8 Å². The zero-order valence-electron chi connectivity index (χ0n) is 15.1. The summed E-state index contributed by atoms with van der Waals surface area (Å²) in [6, 6.07) is 3.28. The summed E-state index contributed by atoms with van der Waals surface area (Å²) in [6.45, 7) is 0. The molecular formula is C19H16N4O4S2. The van der Waals surface area contributed by atoms with E-state index in [-0.39, 0.29) is 0 Å². The number of aryl methyl sites for hydroxylation is 1. The van der Waals surface area contributed by atoms with Crippen LogP contribution < -0.4 is 15.8 Å². The normalized spacial score (nSPS) is 15.9. The molecule has 0 atom stereocenters. The van der Waals surface area contributed by atoms with Crippen molar-refractivity contribution in [3.63, 3.8) is 0 Å². The van der Waals surface area contributed by atoms with Gasteiger partial charge in [0.1, 0.15) is 17.2 Å². The second kappa shape index (κ2) is 6.61. The van der Waals surface area contributed by atoms with E-state index in [0.29, 0.717) is 40.8 Å². The van der Waals surface area contributed by atoms with Gasteiger partial charge >= 0.3 is 0 Å². The second-order valence-electron chi connectivity index (χ2n) is 7.08. The average Bonchev–Trinajstić information content (AvgIpc) is 3.13. The molecule has 2 aliphatic carbocycles. The lowest BCUT2D eigenvalue weighted by Crippen LogP contribution is -2.29. The molecule has 0 spiro atoms. The first-order chi connectivity index (χ1) is 13.9. The summed E-state index contributed by atoms with van der Waals surface area (Å²) in [5.74, 6) is -0.124. The average molecular weight is 428 g/mol. The predicted molar refractivity (Wildman–Crippen MR) is 108 cm³/mol. The maximum atomic E-state index is 11.9. The lowest BCUT2D eigenvalue weighted by molar-refractivity contribution is -0.125. The van der Waals surface area contributed by atoms with Crippen LogP contribution in [0.2, 0.25) is 0 Å². The molecule has 0 radical (unpaired) electrons. The third-order valence-corrected chi connectivity index (χ3v) is 7.03. The van der Waals surface area contributed by atoms with Crippen molar-refractivity contribution in [2.75, 3.05) is 5.32 Å². The van der Waals surface area contributed by atoms with Crippen molar-refractivity contribution < 1.29 is 19.4 Å². The number of hydrogen-bond acceptors (Lipinski definition) is 8. The van der Waals surface area contributed by atoms with Crippen molar-refractivity contribution in [3.05, 3.63) is 40.5 Å². The highest BCUT2D eigenvalue weighted by molar-refractivity contribution is 7.17. The first kappa shape index (κ1) is 18.2. The summed E-state index contributed by atoms with van der Waals surface area (Å²) >= 11 is 2.60. The van der Waals surface area contributed by atoms with Crippen molar-refractivity contribution >= 4 is 40.5 Å². The van der Waals surface area contributed by atoms with Crippen LogP contribution in [0.1, 0.15) is 33.6 Å². The number of carbonyl (C=O) groups is 2. The molecule has 10 heteroatoms. The second-order valence-corrected chi connectivity index (χ2v) is 8.87. The largest absolute Gasteiger partial charge is 0.444 e. The Labute approximate surface area is 173 Å². The van der Waals surface area contributed by atoms with Gasteiger partial charge in [-0.05, 0) is 60.5 Å². The summed E-state index contributed by atoms with van der Waals surface area (Å²) in [6.07, 6.45) is 5.79. The first-order valence-electron chi connectivity index (χ1n) is 9.02. The number of primary amides is 1. The number of pyridine rings is 1. The number of aromatic nitrogens is 2. The number of carbonyl (C=O) groups excluding carboxylic acids is 2. The van der Waals surface area contributed by atoms with E-state index in [4.69, 9.17) is 10.5 Å². The Morgan fingerprint density at radius 2 is 2.07 bits per heavy atom. The van der Waals surface area contributed by atoms with Crippen LogP contribution in [-0.4, -0.2) is 31.9 Å². The SMILES string of the molecule is NC(=O)c1sc(Oc2ccc(NC(=O)C3(O)CC3)nc2)c2c1CCc1cnsc1-2. The number of fused-ring (bicyclic) bond motifs is 3. The smallest absolute Gasteiger partial charge is 0.259 e. The fourth-order valence-corrected chi connectivity index (χ4v) is 5.29. The number of aliphatic hydroxyl groups is 1. The molecule has 0 aliphatic heterocycles. The zero-order chi connectivity index (χ0) is 20.2. The van der Waals surface area contributed by atoms with Gasteiger partial charge in [0, 0.05) is 6.20 Å². The van der Waals surface area contributed by atoms with Gasteiger partial charge in [-0.25, -0.2) is 9.36 Å². The van der Waals surface area contributed by atoms with Gasteiger partial charge in [0.15, 0.2) is 5.06 Å². The van der Waals surface area contributed by atoms with E-state index in [9.17, 15) is 14.7 Å². The van der Waals surface area contributed by atoms with Crippen LogP contribution in [0.5, 0.6) is 10.8 Å². The summed E-state index contributed by atoms with van der Waals surface area (Å²) in [7, 11) is 0. The fraction of sp³-hybridized carbons (Fsp3) is 0.263. The molecule has 0 bridgehead atoms. The van der Waals surface area contributed by atoms with Crippen molar-refractivity contribution in [1.29, 1.82) is 0 Å². The van der Waals surface area contributed by atoms with E-state index in [0.717, 1.165) is 28.0 Å². The molecule has 3 aromatic heterocycles. The van der Waals surface area contributed by atoms with Crippen molar-refractivity contribution in [2.45, 2.75) is 31.3 Å². The molecule has 1 saturated carbocycles. The minimum Gasteiger partial charge on any atom is -0.444 e. The standard InChI is InChI=1S/C19H16N4O4S2/c20-16(24)15-11-3-1-9-7-22-29-14(9)13(11)17(28-15)27-10-2-4-12(21-8-10)23-18(25)19(26)5-6-19/h2,4,7-8,26H,1,3,5-6H2,(H2,20,24)(H,21,23,25). The monoisotopic (exact) mass is 428 g/mol. The Kier molecular flexibility index (Phi) is 4.16. The minimum atomic E-state index is -1.26. The van der Waals surface area contributed by atoms with Gasteiger partial charge in [-0.15, -0.1) is 0 Å². The molecule has 0 aromatic carbocycles. The summed E-state index contributed by atoms with van der Waals surface area (Å²) in [5.41, 5.74) is 7.23. The Morgan fingerprint density at radius 1 is 1.24 bits per heavy atom. The van der Waals surface area contributed by atoms with Gasteiger partial charge in [-0.2, -0.15) is 0 Å². The number of ether oxygens (including phenoxy) is 1. The maximum absolute atomic E-state index is 11.9. The first-order valence-corrected chi connectivity index (χ1v) is 10.6. The van der Waals surface area contributed by atoms with Gasteiger partial charge in [-0.3, -0.25) is 9.59 Å². The summed E-state index contributed by atoms with van der Waals surface area (Å²) < 4.78 is 10.3. The Balaban J connectivity index is 1.42. The van der Waals surface area contributed by atoms with Gasteiger partial charge in [-0.1, -0.05) is 11.3 Å². The van der Waals surface area contributed by atoms with E-state index in [1.165, 1.54) is 29.1 Å². The van der Waals surface area contributed by atoms with Gasteiger partial charge in [0.2, 0.25) is 0 Å². The van der Waals surface area contributed by atoms with Crippen LogP contribution in [0.3, 0.4) is 0 Å². The van der Waals surface area contributed by atoms with Crippen LogP contribution in [0.25, 0.3) is 10.4 Å². The lowest BCUT2D eigenvalue weighted by Gasteiger charge is -2.14. The molecule has 1 fully saturated rings. The topological polar surface area (TPSA) is 127 Å². The minimum absolute atomic E-state index is 0.332. The fourth-order valence-electron chi connectivity index (χ4n) is 3.28. The number of rotatable bonds is 5. The summed E-state index contributed by atoms with van der Waals surface area (Å²) in [4.78, 5) is 29.5. The highest BCUT2D eigenvalue weighted by Gasteiger charge is 2.48. The van der Waals surface area contributed by atoms with Crippen LogP contribution in [0.4, 0.5) is 5.82 Å². The van der Waals surface area contributed by atoms with Gasteiger partial charge < -0.3 is 20.9 Å². The summed E-state index contributed by atoms with van der Waals surface area (Å²) in [5, 5.41) is 13.0. The molecule has 4 N–H and O–H groups in total. The Hall–Kier alpha value is -2.82. The quantitative estimate of drug-likeness (QED) is 0.573. The van der Waals surface area contributed by atoms with Crippen LogP contribution in [0.15, 0.2) is 24.5 Å². The Morgan fingerprint density at radius 3 is 2.76 bits per heavy atom. The molecule has 2 aliphatic rings. The highest BCUT2D eigenvalue weighted by Crippen LogP contribution is 2.49. The molecule has 8 nitrogen and oxygen atoms in total. The number of anilines is 1. The van der Waals surface area contributed by atoms with Gasteiger partial charge in [0.05, 0.1) is 21.5 Å². The number of amides is 2. The van der Waals surface area contributed by atoms with Crippen LogP contribution >= 0.6 is 22.9 Å². The molecule has 0 unspecified atom stereocenters. The van der Waals surface area contributed by atoms with Crippen LogP contribution in [0, 0.1) is 0 Å². The maximum Gasteiger partial charge on any atom is 0.259 e. The number of nitrogens with zero attached hydrogens (tertiary/aromatic N) is 2. The molecule has 2 amide bonds. The number of nitrogens with two attached hydrogens (primary N) is 1. The van der Waals surface area contributed by atoms with Crippen LogP contribution in [-0.2, 0) is 17.6 Å². The van der Waals surface area contributed by atoms with E-state index in [2.05, 4.69) is 14.7 Å². The van der Waals surface area contributed by atoms with Crippen molar-refractivity contribution in [2.24, 2.45) is 5.73 Å². The number of nitrogens with one attached hydrogen (secondary N) is 1. The third-order valence-electron chi connectivity index (χ3n) is 5.05. The van der Waals surface area contributed by atoms with E-state index < -0.39 is 17.4 Å². The van der Waals surface area contributed by atoms with E-state index in [1.807, 2.05) is 6.20 Å². The predicted octanol–water partition coefficient (Wildman–Crippen LogP) is 2.72. The van der Waals surface area contributed by atoms with E-state index >= 15 is 0 Å². The van der Waals surface area contributed by atoms with Crippen molar-refractivity contribution in [1.82, 2.24) is 9.36 Å². The number of thiophene rings is 1. The Bertz CT molecular complexity index is 1130.